The van der Waals surface area contributed by atoms with Gasteiger partial charge in [0.2, 0.25) is 10.0 Å². The number of hydrogen-bond donors (Lipinski definition) is 1. The lowest BCUT2D eigenvalue weighted by atomic mass is 10.1. The highest BCUT2D eigenvalue weighted by Gasteiger charge is 2.33. The van der Waals surface area contributed by atoms with E-state index in [0.29, 0.717) is 44.2 Å². The van der Waals surface area contributed by atoms with Crippen LogP contribution in [0.1, 0.15) is 27.7 Å². The first-order chi connectivity index (χ1) is 16.3. The van der Waals surface area contributed by atoms with Crippen LogP contribution in [-0.2, 0) is 10.0 Å². The summed E-state index contributed by atoms with van der Waals surface area (Å²) in [5.41, 5.74) is 4.07. The number of amides is 1. The Labute approximate surface area is 205 Å². The van der Waals surface area contributed by atoms with Gasteiger partial charge >= 0.3 is 0 Å². The SMILES string of the molecule is CCOc1ccc(NC(=O)c2sccc2S(=O)(=O)N2CCN(c3cc(C)ccc3C)CC2)cc1. The summed E-state index contributed by atoms with van der Waals surface area (Å²) in [6.07, 6.45) is 0. The Balaban J connectivity index is 1.46. The van der Waals surface area contributed by atoms with E-state index in [1.54, 1.807) is 29.6 Å². The zero-order valence-electron chi connectivity index (χ0n) is 19.6. The third-order valence-electron chi connectivity index (χ3n) is 5.82. The molecule has 1 aliphatic heterocycles. The van der Waals surface area contributed by atoms with Crippen LogP contribution < -0.4 is 15.0 Å². The second-order valence-corrected chi connectivity index (χ2v) is 11.0. The summed E-state index contributed by atoms with van der Waals surface area (Å²) in [6, 6.07) is 14.8. The topological polar surface area (TPSA) is 78.9 Å². The molecule has 1 aromatic heterocycles. The van der Waals surface area contributed by atoms with E-state index in [1.807, 2.05) is 6.92 Å². The van der Waals surface area contributed by atoms with Gasteiger partial charge in [-0.1, -0.05) is 12.1 Å². The van der Waals surface area contributed by atoms with E-state index in [2.05, 4.69) is 42.3 Å². The summed E-state index contributed by atoms with van der Waals surface area (Å²) >= 11 is 1.13. The maximum absolute atomic E-state index is 13.4. The molecule has 4 rings (SSSR count). The van der Waals surface area contributed by atoms with Crippen molar-refractivity contribution in [3.63, 3.8) is 0 Å². The lowest BCUT2D eigenvalue weighted by molar-refractivity contribution is 0.102. The summed E-state index contributed by atoms with van der Waals surface area (Å²) in [5.74, 6) is 0.270. The number of nitrogens with one attached hydrogen (secondary N) is 1. The number of nitrogens with zero attached hydrogens (tertiary/aromatic N) is 2. The minimum atomic E-state index is -3.79. The molecule has 0 bridgehead atoms. The zero-order valence-corrected chi connectivity index (χ0v) is 21.2. The molecular weight excluding hydrogens is 470 g/mol. The lowest BCUT2D eigenvalue weighted by Crippen LogP contribution is -2.49. The lowest BCUT2D eigenvalue weighted by Gasteiger charge is -2.36. The fraction of sp³-hybridized carbons (Fsp3) is 0.320. The van der Waals surface area contributed by atoms with Crippen LogP contribution in [0.25, 0.3) is 0 Å². The van der Waals surface area contributed by atoms with Gasteiger partial charge in [-0.2, -0.15) is 4.31 Å². The molecular formula is C25H29N3O4S2. The molecule has 1 fully saturated rings. The molecule has 0 atom stereocenters. The van der Waals surface area contributed by atoms with Crippen molar-refractivity contribution in [2.75, 3.05) is 43.0 Å². The van der Waals surface area contributed by atoms with Gasteiger partial charge in [-0.25, -0.2) is 8.42 Å². The number of carbonyl (C=O) groups is 1. The standard InChI is InChI=1S/C25H29N3O4S2/c1-4-32-21-9-7-20(8-10-21)26-25(29)24-23(11-16-33-24)34(30,31)28-14-12-27(13-15-28)22-17-18(2)5-6-19(22)3/h5-11,16-17H,4,12-15H2,1-3H3,(H,26,29). The van der Waals surface area contributed by atoms with Crippen LogP contribution in [-0.4, -0.2) is 51.4 Å². The van der Waals surface area contributed by atoms with Gasteiger partial charge < -0.3 is 15.0 Å². The maximum atomic E-state index is 13.4. The van der Waals surface area contributed by atoms with Crippen LogP contribution in [0.5, 0.6) is 5.75 Å². The number of thiophene rings is 1. The van der Waals surface area contributed by atoms with Crippen LogP contribution >= 0.6 is 11.3 Å². The molecule has 34 heavy (non-hydrogen) atoms. The summed E-state index contributed by atoms with van der Waals surface area (Å²) in [4.78, 5) is 15.4. The van der Waals surface area contributed by atoms with E-state index >= 15 is 0 Å². The van der Waals surface area contributed by atoms with Crippen LogP contribution in [0.2, 0.25) is 0 Å². The molecule has 3 aromatic rings. The fourth-order valence-corrected chi connectivity index (χ4v) is 6.74. The Bertz CT molecular complexity index is 1260. The Morgan fingerprint density at radius 1 is 1.03 bits per heavy atom. The molecule has 1 amide bonds. The molecule has 0 spiro atoms. The highest BCUT2D eigenvalue weighted by Crippen LogP contribution is 2.29. The Hall–Kier alpha value is -2.88. The number of piperazine rings is 1. The summed E-state index contributed by atoms with van der Waals surface area (Å²) < 4.78 is 33.7. The molecule has 1 saturated heterocycles. The van der Waals surface area contributed by atoms with E-state index in [9.17, 15) is 13.2 Å². The van der Waals surface area contributed by atoms with Crippen LogP contribution in [0, 0.1) is 13.8 Å². The molecule has 1 aliphatic rings. The average molecular weight is 500 g/mol. The van der Waals surface area contributed by atoms with Crippen LogP contribution in [0.15, 0.2) is 58.8 Å². The minimum absolute atomic E-state index is 0.0566. The first-order valence-electron chi connectivity index (χ1n) is 11.2. The second-order valence-electron chi connectivity index (χ2n) is 8.21. The van der Waals surface area contributed by atoms with Crippen LogP contribution in [0.3, 0.4) is 0 Å². The zero-order chi connectivity index (χ0) is 24.3. The van der Waals surface area contributed by atoms with Gasteiger partial charge in [0, 0.05) is 37.6 Å². The Kier molecular flexibility index (Phi) is 7.25. The molecule has 2 aromatic carbocycles. The number of ether oxygens (including phenoxy) is 1. The average Bonchev–Trinajstić information content (AvgIpc) is 3.33. The van der Waals surface area contributed by atoms with Crippen LogP contribution in [0.4, 0.5) is 11.4 Å². The second kappa shape index (κ2) is 10.2. The third kappa shape index (κ3) is 5.11. The molecule has 0 unspecified atom stereocenters. The van der Waals surface area contributed by atoms with Crippen molar-refractivity contribution in [1.82, 2.24) is 4.31 Å². The first kappa shape index (κ1) is 24.3. The van der Waals surface area contributed by atoms with Crippen molar-refractivity contribution in [2.24, 2.45) is 0 Å². The van der Waals surface area contributed by atoms with Gasteiger partial charge in [0.25, 0.3) is 5.91 Å². The highest BCUT2D eigenvalue weighted by molar-refractivity contribution is 7.89. The third-order valence-corrected chi connectivity index (χ3v) is 8.80. The molecule has 0 aliphatic carbocycles. The normalized spacial score (nSPS) is 14.7. The summed E-state index contributed by atoms with van der Waals surface area (Å²) in [6.45, 7) is 8.51. The number of rotatable bonds is 7. The Morgan fingerprint density at radius 3 is 2.41 bits per heavy atom. The number of carbonyl (C=O) groups excluding carboxylic acids is 1. The van der Waals surface area contributed by atoms with Gasteiger partial charge in [-0.15, -0.1) is 11.3 Å². The molecule has 7 nitrogen and oxygen atoms in total. The van der Waals surface area contributed by atoms with Crippen molar-refractivity contribution in [3.05, 3.63) is 69.9 Å². The van der Waals surface area contributed by atoms with Crippen molar-refractivity contribution in [3.8, 4) is 5.75 Å². The molecule has 1 N–H and O–H groups in total. The van der Waals surface area contributed by atoms with Crippen molar-refractivity contribution in [2.45, 2.75) is 25.7 Å². The van der Waals surface area contributed by atoms with E-state index in [-0.39, 0.29) is 9.77 Å². The predicted octanol–water partition coefficient (Wildman–Crippen LogP) is 4.53. The van der Waals surface area contributed by atoms with Crippen molar-refractivity contribution in [1.29, 1.82) is 0 Å². The number of sulfonamides is 1. The van der Waals surface area contributed by atoms with Gasteiger partial charge in [-0.3, -0.25) is 4.79 Å². The summed E-state index contributed by atoms with van der Waals surface area (Å²) in [5, 5.41) is 4.44. The molecule has 0 saturated carbocycles. The maximum Gasteiger partial charge on any atom is 0.267 e. The van der Waals surface area contributed by atoms with Gasteiger partial charge in [-0.05, 0) is 73.7 Å². The summed E-state index contributed by atoms with van der Waals surface area (Å²) in [7, 11) is -3.79. The quantitative estimate of drug-likeness (QED) is 0.517. The predicted molar refractivity (Wildman–Crippen MR) is 137 cm³/mol. The van der Waals surface area contributed by atoms with E-state index in [1.165, 1.54) is 21.5 Å². The van der Waals surface area contributed by atoms with Gasteiger partial charge in [0.1, 0.15) is 15.5 Å². The smallest absolute Gasteiger partial charge is 0.267 e. The first-order valence-corrected chi connectivity index (χ1v) is 13.6. The molecule has 9 heteroatoms. The van der Waals surface area contributed by atoms with E-state index in [0.717, 1.165) is 17.0 Å². The number of anilines is 2. The molecule has 180 valence electrons. The minimum Gasteiger partial charge on any atom is -0.494 e. The fourth-order valence-electron chi connectivity index (χ4n) is 4.02. The largest absolute Gasteiger partial charge is 0.494 e. The number of hydrogen-bond acceptors (Lipinski definition) is 6. The number of benzene rings is 2. The monoisotopic (exact) mass is 499 g/mol. The molecule has 2 heterocycles. The Morgan fingerprint density at radius 2 is 1.74 bits per heavy atom. The molecule has 0 radical (unpaired) electrons. The van der Waals surface area contributed by atoms with Gasteiger partial charge in [0.05, 0.1) is 6.61 Å². The van der Waals surface area contributed by atoms with Crippen molar-refractivity contribution >= 4 is 38.6 Å². The number of aryl methyl sites for hydroxylation is 2. The van der Waals surface area contributed by atoms with E-state index < -0.39 is 15.9 Å². The van der Waals surface area contributed by atoms with E-state index in [4.69, 9.17) is 4.74 Å². The highest BCUT2D eigenvalue weighted by atomic mass is 32.2. The van der Waals surface area contributed by atoms with Crippen molar-refractivity contribution < 1.29 is 17.9 Å². The van der Waals surface area contributed by atoms with Gasteiger partial charge in [0.15, 0.2) is 0 Å².